The molecule has 0 atom stereocenters. The Hall–Kier alpha value is -2.61. The highest BCUT2D eigenvalue weighted by atomic mass is 15.0. The second kappa shape index (κ2) is 3.70. The molecule has 3 rings (SSSR count). The maximum absolute atomic E-state index is 8.98. The van der Waals surface area contributed by atoms with E-state index in [0.717, 1.165) is 28.1 Å². The van der Waals surface area contributed by atoms with E-state index >= 15 is 0 Å². The first-order valence-corrected chi connectivity index (χ1v) is 5.57. The van der Waals surface area contributed by atoms with E-state index in [4.69, 9.17) is 5.26 Å². The smallest absolute Gasteiger partial charge is 0.166 e. The van der Waals surface area contributed by atoms with E-state index in [2.05, 4.69) is 21.0 Å². The third kappa shape index (κ3) is 1.39. The number of nitrogens with zero attached hydrogens (tertiary/aromatic N) is 4. The topological polar surface area (TPSA) is 70.3 Å². The van der Waals surface area contributed by atoms with Gasteiger partial charge >= 0.3 is 0 Å². The number of H-pyrrole nitrogens is 1. The molecule has 0 amide bonds. The molecular formula is C13H11N5. The molecule has 5 heteroatoms. The van der Waals surface area contributed by atoms with Crippen LogP contribution in [-0.4, -0.2) is 19.5 Å². The summed E-state index contributed by atoms with van der Waals surface area (Å²) in [6.45, 7) is 1.97. The van der Waals surface area contributed by atoms with E-state index in [1.54, 1.807) is 0 Å². The molecule has 5 nitrogen and oxygen atoms in total. The van der Waals surface area contributed by atoms with Crippen LogP contribution in [0.3, 0.4) is 0 Å². The standard InChI is InChI=1S/C13H11N5/c1-8-17-10-5-9(3-4-12(10)18(8)2)13-11(6-14)15-7-16-13/h3-5,7H,1-2H3,(H,15,16). The van der Waals surface area contributed by atoms with Crippen molar-refractivity contribution in [2.45, 2.75) is 6.92 Å². The molecule has 0 aliphatic carbocycles. The van der Waals surface area contributed by atoms with Crippen molar-refractivity contribution in [3.63, 3.8) is 0 Å². The minimum Gasteiger partial charge on any atom is -0.343 e. The third-order valence-corrected chi connectivity index (χ3v) is 3.14. The van der Waals surface area contributed by atoms with Crippen molar-refractivity contribution in [3.05, 3.63) is 36.0 Å². The molecule has 1 N–H and O–H groups in total. The van der Waals surface area contributed by atoms with Gasteiger partial charge in [0.25, 0.3) is 0 Å². The van der Waals surface area contributed by atoms with Crippen LogP contribution in [0.25, 0.3) is 22.3 Å². The molecule has 2 aromatic heterocycles. The van der Waals surface area contributed by atoms with Crippen LogP contribution in [0.5, 0.6) is 0 Å². The maximum atomic E-state index is 8.98. The molecule has 2 heterocycles. The van der Waals surface area contributed by atoms with E-state index in [1.807, 2.05) is 36.7 Å². The molecule has 18 heavy (non-hydrogen) atoms. The number of hydrogen-bond donors (Lipinski definition) is 1. The van der Waals surface area contributed by atoms with Crippen LogP contribution in [0.15, 0.2) is 24.5 Å². The SMILES string of the molecule is Cc1nc2cc(-c3[nH]cnc3C#N)ccc2n1C. The minimum absolute atomic E-state index is 0.405. The van der Waals surface area contributed by atoms with Crippen LogP contribution in [0.2, 0.25) is 0 Å². The Bertz CT molecular complexity index is 772. The molecule has 0 radical (unpaired) electrons. The van der Waals surface area contributed by atoms with Gasteiger partial charge in [-0.1, -0.05) is 6.07 Å². The molecule has 0 bridgehead atoms. The number of hydrogen-bond acceptors (Lipinski definition) is 3. The van der Waals surface area contributed by atoms with Crippen molar-refractivity contribution in [1.82, 2.24) is 19.5 Å². The predicted octanol–water partition coefficient (Wildman–Crippen LogP) is 2.14. The number of fused-ring (bicyclic) bond motifs is 1. The highest BCUT2D eigenvalue weighted by Crippen LogP contribution is 2.24. The summed E-state index contributed by atoms with van der Waals surface area (Å²) in [4.78, 5) is 11.4. The first kappa shape index (κ1) is 10.5. The summed E-state index contributed by atoms with van der Waals surface area (Å²) in [5.74, 6) is 0.965. The molecule has 1 aromatic carbocycles. The molecule has 0 aliphatic rings. The van der Waals surface area contributed by atoms with Gasteiger partial charge in [-0.3, -0.25) is 0 Å². The van der Waals surface area contributed by atoms with E-state index in [9.17, 15) is 0 Å². The molecular weight excluding hydrogens is 226 g/mol. The second-order valence-corrected chi connectivity index (χ2v) is 4.16. The lowest BCUT2D eigenvalue weighted by Gasteiger charge is -2.00. The van der Waals surface area contributed by atoms with Crippen molar-refractivity contribution < 1.29 is 0 Å². The van der Waals surface area contributed by atoms with Crippen LogP contribution < -0.4 is 0 Å². The molecule has 0 unspecified atom stereocenters. The van der Waals surface area contributed by atoms with Crippen LogP contribution in [0.1, 0.15) is 11.5 Å². The summed E-state index contributed by atoms with van der Waals surface area (Å²) in [6.07, 6.45) is 1.53. The van der Waals surface area contributed by atoms with Gasteiger partial charge in [-0.25, -0.2) is 9.97 Å². The summed E-state index contributed by atoms with van der Waals surface area (Å²) in [7, 11) is 1.99. The summed E-state index contributed by atoms with van der Waals surface area (Å²) < 4.78 is 2.04. The third-order valence-electron chi connectivity index (χ3n) is 3.14. The fourth-order valence-corrected chi connectivity index (χ4v) is 2.07. The Kier molecular flexibility index (Phi) is 2.17. The lowest BCUT2D eigenvalue weighted by atomic mass is 10.1. The number of aryl methyl sites for hydroxylation is 2. The zero-order chi connectivity index (χ0) is 12.7. The summed E-state index contributed by atoms with van der Waals surface area (Å²) in [5, 5.41) is 8.98. The molecule has 0 fully saturated rings. The van der Waals surface area contributed by atoms with Gasteiger partial charge in [0.15, 0.2) is 5.69 Å². The second-order valence-electron chi connectivity index (χ2n) is 4.16. The Morgan fingerprint density at radius 2 is 2.22 bits per heavy atom. The van der Waals surface area contributed by atoms with Gasteiger partial charge in [-0.15, -0.1) is 0 Å². The molecule has 0 spiro atoms. The number of imidazole rings is 2. The van der Waals surface area contributed by atoms with Gasteiger partial charge in [-0.05, 0) is 19.1 Å². The van der Waals surface area contributed by atoms with Crippen molar-refractivity contribution in [3.8, 4) is 17.3 Å². The summed E-state index contributed by atoms with van der Waals surface area (Å²) in [6, 6.07) is 8.02. The monoisotopic (exact) mass is 237 g/mol. The average molecular weight is 237 g/mol. The van der Waals surface area contributed by atoms with Crippen LogP contribution >= 0.6 is 0 Å². The number of benzene rings is 1. The first-order chi connectivity index (χ1) is 8.70. The fourth-order valence-electron chi connectivity index (χ4n) is 2.07. The normalized spacial score (nSPS) is 10.7. The van der Waals surface area contributed by atoms with Crippen molar-refractivity contribution >= 4 is 11.0 Å². The Morgan fingerprint density at radius 3 is 3.00 bits per heavy atom. The zero-order valence-corrected chi connectivity index (χ0v) is 10.1. The molecule has 3 aromatic rings. The quantitative estimate of drug-likeness (QED) is 0.704. The van der Waals surface area contributed by atoms with Crippen LogP contribution in [0.4, 0.5) is 0 Å². The van der Waals surface area contributed by atoms with Gasteiger partial charge in [0.2, 0.25) is 0 Å². The van der Waals surface area contributed by atoms with Gasteiger partial charge in [0.1, 0.15) is 11.9 Å². The number of nitriles is 1. The van der Waals surface area contributed by atoms with Crippen molar-refractivity contribution in [2.24, 2.45) is 7.05 Å². The first-order valence-electron chi connectivity index (χ1n) is 5.57. The Morgan fingerprint density at radius 1 is 1.39 bits per heavy atom. The van der Waals surface area contributed by atoms with Gasteiger partial charge < -0.3 is 9.55 Å². The predicted molar refractivity (Wildman–Crippen MR) is 67.7 cm³/mol. The fraction of sp³-hybridized carbons (Fsp3) is 0.154. The van der Waals surface area contributed by atoms with E-state index in [1.165, 1.54) is 6.33 Å². The van der Waals surface area contributed by atoms with E-state index < -0.39 is 0 Å². The van der Waals surface area contributed by atoms with Crippen LogP contribution in [0, 0.1) is 18.3 Å². The van der Waals surface area contributed by atoms with E-state index in [0.29, 0.717) is 5.69 Å². The highest BCUT2D eigenvalue weighted by molar-refractivity contribution is 5.82. The van der Waals surface area contributed by atoms with Crippen LogP contribution in [-0.2, 0) is 7.05 Å². The van der Waals surface area contributed by atoms with Crippen molar-refractivity contribution in [1.29, 1.82) is 5.26 Å². The summed E-state index contributed by atoms with van der Waals surface area (Å²) >= 11 is 0. The number of aromatic nitrogens is 4. The number of nitrogens with one attached hydrogen (secondary N) is 1. The molecule has 0 saturated carbocycles. The lowest BCUT2D eigenvalue weighted by Crippen LogP contribution is -1.89. The van der Waals surface area contributed by atoms with Gasteiger partial charge in [-0.2, -0.15) is 5.26 Å². The Labute approximate surface area is 104 Å². The van der Waals surface area contributed by atoms with E-state index in [-0.39, 0.29) is 0 Å². The largest absolute Gasteiger partial charge is 0.343 e. The average Bonchev–Trinajstić information content (AvgIpc) is 2.95. The lowest BCUT2D eigenvalue weighted by molar-refractivity contribution is 0.886. The maximum Gasteiger partial charge on any atom is 0.166 e. The zero-order valence-electron chi connectivity index (χ0n) is 10.1. The minimum atomic E-state index is 0.405. The Balaban J connectivity index is 2.23. The highest BCUT2D eigenvalue weighted by Gasteiger charge is 2.10. The number of aromatic amines is 1. The van der Waals surface area contributed by atoms with Gasteiger partial charge in [0, 0.05) is 12.6 Å². The molecule has 88 valence electrons. The molecule has 0 aliphatic heterocycles. The summed E-state index contributed by atoms with van der Waals surface area (Å²) in [5.41, 5.74) is 4.07. The van der Waals surface area contributed by atoms with Crippen molar-refractivity contribution in [2.75, 3.05) is 0 Å². The molecule has 0 saturated heterocycles. The van der Waals surface area contributed by atoms with Gasteiger partial charge in [0.05, 0.1) is 23.1 Å². The number of rotatable bonds is 1.